The average Bonchev–Trinajstić information content (AvgIpc) is 3.19. The van der Waals surface area contributed by atoms with E-state index in [1.807, 2.05) is 55.6 Å². The summed E-state index contributed by atoms with van der Waals surface area (Å²) in [4.78, 5) is 30.3. The van der Waals surface area contributed by atoms with Crippen LogP contribution in [0.1, 0.15) is 25.0 Å². The van der Waals surface area contributed by atoms with E-state index in [2.05, 4.69) is 10.3 Å². The number of fused-ring (bicyclic) bond motifs is 2. The maximum Gasteiger partial charge on any atom is 0.245 e. The van der Waals surface area contributed by atoms with Gasteiger partial charge in [0, 0.05) is 49.1 Å². The van der Waals surface area contributed by atoms with Crippen LogP contribution in [-0.4, -0.2) is 47.5 Å². The minimum atomic E-state index is -0.659. The maximum absolute atomic E-state index is 13.5. The Morgan fingerprint density at radius 1 is 1.10 bits per heavy atom. The van der Waals surface area contributed by atoms with Crippen LogP contribution in [-0.2, 0) is 22.6 Å². The zero-order valence-corrected chi connectivity index (χ0v) is 17.8. The number of H-pyrrole nitrogens is 1. The number of likely N-dealkylation sites (N-methyl/N-ethyl adjacent to an activating group) is 1. The molecule has 2 amide bonds. The molecule has 0 bridgehead atoms. The molecule has 2 heterocycles. The molecule has 0 saturated heterocycles. The fourth-order valence-electron chi connectivity index (χ4n) is 4.00. The summed E-state index contributed by atoms with van der Waals surface area (Å²) in [6.45, 7) is 5.26. The van der Waals surface area contributed by atoms with E-state index in [1.54, 1.807) is 4.90 Å². The monoisotopic (exact) mass is 421 g/mol. The van der Waals surface area contributed by atoms with Crippen LogP contribution in [0.3, 0.4) is 0 Å². The SMILES string of the molecule is CCN(Cc1cccc2c1OCCO2)C(=O)C(Cc1c[nH]c2ccccc12)NC(C)=O. The van der Waals surface area contributed by atoms with Crippen LogP contribution in [0.15, 0.2) is 48.7 Å². The van der Waals surface area contributed by atoms with Gasteiger partial charge in [0.05, 0.1) is 0 Å². The van der Waals surface area contributed by atoms with Crippen molar-refractivity contribution in [1.82, 2.24) is 15.2 Å². The van der Waals surface area contributed by atoms with E-state index in [4.69, 9.17) is 9.47 Å². The van der Waals surface area contributed by atoms with Gasteiger partial charge in [-0.25, -0.2) is 0 Å². The zero-order valence-electron chi connectivity index (χ0n) is 17.8. The van der Waals surface area contributed by atoms with E-state index in [1.165, 1.54) is 6.92 Å². The van der Waals surface area contributed by atoms with Crippen molar-refractivity contribution in [3.8, 4) is 11.5 Å². The third-order valence-corrected chi connectivity index (χ3v) is 5.48. The number of aromatic amines is 1. The van der Waals surface area contributed by atoms with Crippen molar-refractivity contribution in [3.63, 3.8) is 0 Å². The van der Waals surface area contributed by atoms with E-state index < -0.39 is 6.04 Å². The van der Waals surface area contributed by atoms with Crippen LogP contribution in [0.2, 0.25) is 0 Å². The maximum atomic E-state index is 13.5. The molecule has 0 radical (unpaired) electrons. The van der Waals surface area contributed by atoms with E-state index in [-0.39, 0.29) is 11.8 Å². The molecule has 1 unspecified atom stereocenters. The lowest BCUT2D eigenvalue weighted by Crippen LogP contribution is -2.49. The molecule has 1 atom stereocenters. The van der Waals surface area contributed by atoms with E-state index >= 15 is 0 Å². The van der Waals surface area contributed by atoms with Gasteiger partial charge < -0.3 is 24.7 Å². The Kier molecular flexibility index (Phi) is 6.11. The summed E-state index contributed by atoms with van der Waals surface area (Å²) in [6.07, 6.45) is 2.31. The number of carbonyl (C=O) groups excluding carboxylic acids is 2. The largest absolute Gasteiger partial charge is 0.486 e. The van der Waals surface area contributed by atoms with Gasteiger partial charge in [-0.05, 0) is 24.6 Å². The number of carbonyl (C=O) groups is 2. The highest BCUT2D eigenvalue weighted by Gasteiger charge is 2.27. The number of benzene rings is 2. The number of para-hydroxylation sites is 2. The minimum Gasteiger partial charge on any atom is -0.486 e. The van der Waals surface area contributed by atoms with Gasteiger partial charge in [-0.2, -0.15) is 0 Å². The Morgan fingerprint density at radius 3 is 2.71 bits per heavy atom. The van der Waals surface area contributed by atoms with Crippen molar-refractivity contribution < 1.29 is 19.1 Å². The summed E-state index contributed by atoms with van der Waals surface area (Å²) in [5.41, 5.74) is 2.89. The summed E-state index contributed by atoms with van der Waals surface area (Å²) in [5, 5.41) is 3.90. The Balaban J connectivity index is 1.57. The predicted octanol–water partition coefficient (Wildman–Crippen LogP) is 3.04. The van der Waals surface area contributed by atoms with Crippen LogP contribution in [0, 0.1) is 0 Å². The average molecular weight is 421 g/mol. The zero-order chi connectivity index (χ0) is 21.8. The fourth-order valence-corrected chi connectivity index (χ4v) is 4.00. The normalized spacial score (nSPS) is 13.6. The van der Waals surface area contributed by atoms with Crippen molar-refractivity contribution in [1.29, 1.82) is 0 Å². The lowest BCUT2D eigenvalue weighted by Gasteiger charge is -2.28. The van der Waals surface area contributed by atoms with Crippen molar-refractivity contribution >= 4 is 22.7 Å². The molecule has 1 aromatic heterocycles. The van der Waals surface area contributed by atoms with Crippen molar-refractivity contribution in [2.45, 2.75) is 32.9 Å². The lowest BCUT2D eigenvalue weighted by atomic mass is 10.0. The molecule has 2 aromatic carbocycles. The van der Waals surface area contributed by atoms with E-state index in [0.717, 1.165) is 22.0 Å². The summed E-state index contributed by atoms with van der Waals surface area (Å²) in [7, 11) is 0. The first kappa shape index (κ1) is 20.8. The predicted molar refractivity (Wildman–Crippen MR) is 118 cm³/mol. The minimum absolute atomic E-state index is 0.127. The van der Waals surface area contributed by atoms with Crippen molar-refractivity contribution in [3.05, 3.63) is 59.8 Å². The van der Waals surface area contributed by atoms with Gasteiger partial charge in [-0.1, -0.05) is 30.3 Å². The molecule has 2 N–H and O–H groups in total. The molecule has 0 fully saturated rings. The number of ether oxygens (including phenoxy) is 2. The van der Waals surface area contributed by atoms with Gasteiger partial charge in [0.1, 0.15) is 19.3 Å². The second kappa shape index (κ2) is 9.12. The third-order valence-electron chi connectivity index (χ3n) is 5.48. The molecule has 3 aromatic rings. The number of aromatic nitrogens is 1. The van der Waals surface area contributed by atoms with E-state index in [0.29, 0.717) is 44.2 Å². The Bertz CT molecular complexity index is 1090. The summed E-state index contributed by atoms with van der Waals surface area (Å²) in [6, 6.07) is 13.0. The van der Waals surface area contributed by atoms with Crippen LogP contribution in [0.5, 0.6) is 11.5 Å². The molecule has 7 heteroatoms. The molecular formula is C24H27N3O4. The van der Waals surface area contributed by atoms with Gasteiger partial charge in [-0.15, -0.1) is 0 Å². The molecule has 4 rings (SSSR count). The second-order valence-corrected chi connectivity index (χ2v) is 7.61. The fraction of sp³-hybridized carbons (Fsp3) is 0.333. The highest BCUT2D eigenvalue weighted by molar-refractivity contribution is 5.89. The lowest BCUT2D eigenvalue weighted by molar-refractivity contribution is -0.136. The molecule has 1 aliphatic rings. The highest BCUT2D eigenvalue weighted by atomic mass is 16.6. The number of amides is 2. The molecule has 0 aliphatic carbocycles. The quantitative estimate of drug-likeness (QED) is 0.614. The Hall–Kier alpha value is -3.48. The molecule has 7 nitrogen and oxygen atoms in total. The molecule has 1 aliphatic heterocycles. The standard InChI is InChI=1S/C24H27N3O4/c1-3-27(15-17-7-6-10-22-23(17)31-12-11-30-22)24(29)21(26-16(2)28)13-18-14-25-20-9-5-4-8-19(18)20/h4-10,14,21,25H,3,11-13,15H2,1-2H3,(H,26,28). The molecule has 0 spiro atoms. The summed E-state index contributed by atoms with van der Waals surface area (Å²) in [5.74, 6) is 1.03. The molecule has 162 valence electrons. The second-order valence-electron chi connectivity index (χ2n) is 7.61. The number of hydrogen-bond acceptors (Lipinski definition) is 4. The van der Waals surface area contributed by atoms with Gasteiger partial charge in [0.25, 0.3) is 0 Å². The summed E-state index contributed by atoms with van der Waals surface area (Å²) < 4.78 is 11.5. The number of nitrogens with zero attached hydrogens (tertiary/aromatic N) is 1. The van der Waals surface area contributed by atoms with Crippen LogP contribution >= 0.6 is 0 Å². The number of nitrogens with one attached hydrogen (secondary N) is 2. The van der Waals surface area contributed by atoms with Crippen LogP contribution in [0.25, 0.3) is 10.9 Å². The number of rotatable bonds is 7. The highest BCUT2D eigenvalue weighted by Crippen LogP contribution is 2.34. The third kappa shape index (κ3) is 4.50. The topological polar surface area (TPSA) is 83.7 Å². The molecular weight excluding hydrogens is 394 g/mol. The Morgan fingerprint density at radius 2 is 1.90 bits per heavy atom. The van der Waals surface area contributed by atoms with Crippen LogP contribution in [0.4, 0.5) is 0 Å². The van der Waals surface area contributed by atoms with Crippen molar-refractivity contribution in [2.24, 2.45) is 0 Å². The first-order valence-corrected chi connectivity index (χ1v) is 10.5. The molecule has 31 heavy (non-hydrogen) atoms. The first-order chi connectivity index (χ1) is 15.1. The van der Waals surface area contributed by atoms with Crippen molar-refractivity contribution in [2.75, 3.05) is 19.8 Å². The van der Waals surface area contributed by atoms with Gasteiger partial charge in [0.15, 0.2) is 11.5 Å². The van der Waals surface area contributed by atoms with E-state index in [9.17, 15) is 9.59 Å². The Labute approximate surface area is 181 Å². The summed E-state index contributed by atoms with van der Waals surface area (Å²) >= 11 is 0. The molecule has 0 saturated carbocycles. The van der Waals surface area contributed by atoms with Crippen LogP contribution < -0.4 is 14.8 Å². The van der Waals surface area contributed by atoms with Gasteiger partial charge in [0.2, 0.25) is 11.8 Å². The van der Waals surface area contributed by atoms with Gasteiger partial charge in [-0.3, -0.25) is 9.59 Å². The smallest absolute Gasteiger partial charge is 0.245 e. The van der Waals surface area contributed by atoms with Gasteiger partial charge >= 0.3 is 0 Å². The first-order valence-electron chi connectivity index (χ1n) is 10.5. The number of hydrogen-bond donors (Lipinski definition) is 2.